The summed E-state index contributed by atoms with van der Waals surface area (Å²) >= 11 is 0. The summed E-state index contributed by atoms with van der Waals surface area (Å²) in [5, 5.41) is 3.56. The highest BCUT2D eigenvalue weighted by molar-refractivity contribution is 4.89. The predicted molar refractivity (Wildman–Crippen MR) is 45.5 cm³/mol. The maximum Gasteiger partial charge on any atom is 0.230 e. The Hall–Kier alpha value is -0.900. The van der Waals surface area contributed by atoms with Crippen molar-refractivity contribution < 1.29 is 4.52 Å². The van der Waals surface area contributed by atoms with Crippen molar-refractivity contribution in [2.45, 2.75) is 26.2 Å². The van der Waals surface area contributed by atoms with Crippen molar-refractivity contribution in [2.75, 3.05) is 6.54 Å². The second-order valence-corrected chi connectivity index (χ2v) is 3.34. The summed E-state index contributed by atoms with van der Waals surface area (Å²) in [7, 11) is 0. The highest BCUT2D eigenvalue weighted by Gasteiger charge is 2.16. The van der Waals surface area contributed by atoms with Crippen LogP contribution in [-0.4, -0.2) is 16.7 Å². The summed E-state index contributed by atoms with van der Waals surface area (Å²) in [4.78, 5) is 3.98. The molecule has 0 radical (unpaired) electrons. The molecule has 0 aromatic carbocycles. The second-order valence-electron chi connectivity index (χ2n) is 3.34. The maximum atomic E-state index is 5.58. The Kier molecular flexibility index (Phi) is 3.22. The Labute approximate surface area is 72.1 Å². The average Bonchev–Trinajstić information content (AvgIpc) is 2.51. The highest BCUT2D eigenvalue weighted by Crippen LogP contribution is 2.19. The van der Waals surface area contributed by atoms with E-state index in [4.69, 9.17) is 10.3 Å². The molecule has 2 N–H and O–H groups in total. The monoisotopic (exact) mass is 169 g/mol. The van der Waals surface area contributed by atoms with Crippen molar-refractivity contribution in [1.29, 1.82) is 0 Å². The smallest absolute Gasteiger partial charge is 0.230 e. The molecule has 0 aliphatic heterocycles. The Morgan fingerprint density at radius 1 is 1.58 bits per heavy atom. The summed E-state index contributed by atoms with van der Waals surface area (Å²) in [6, 6.07) is 0. The largest absolute Gasteiger partial charge is 0.339 e. The molecule has 12 heavy (non-hydrogen) atoms. The van der Waals surface area contributed by atoms with Gasteiger partial charge in [-0.2, -0.15) is 4.98 Å². The van der Waals surface area contributed by atoms with Gasteiger partial charge in [0, 0.05) is 6.54 Å². The topological polar surface area (TPSA) is 64.9 Å². The van der Waals surface area contributed by atoms with E-state index >= 15 is 0 Å². The first kappa shape index (κ1) is 9.19. The molecule has 0 spiro atoms. The molecule has 1 rings (SSSR count). The molecule has 0 aliphatic rings. The molecular formula is C8H15N3O. The minimum absolute atomic E-state index is 0.215. The Bertz CT molecular complexity index is 208. The second kappa shape index (κ2) is 4.21. The standard InChI is InChI=1S/C8H15N3O/c1-6(2)3-7(4-9)8-10-5-11-12-8/h5-7H,3-4,9H2,1-2H3. The predicted octanol–water partition coefficient (Wildman–Crippen LogP) is 1.16. The van der Waals surface area contributed by atoms with Crippen LogP contribution in [-0.2, 0) is 0 Å². The zero-order valence-corrected chi connectivity index (χ0v) is 7.53. The van der Waals surface area contributed by atoms with Crippen LogP contribution in [0, 0.1) is 5.92 Å². The molecule has 0 amide bonds. The van der Waals surface area contributed by atoms with Gasteiger partial charge in [-0.3, -0.25) is 0 Å². The van der Waals surface area contributed by atoms with Gasteiger partial charge in [0.1, 0.15) is 0 Å². The van der Waals surface area contributed by atoms with Crippen LogP contribution < -0.4 is 5.73 Å². The van der Waals surface area contributed by atoms with E-state index in [-0.39, 0.29) is 5.92 Å². The summed E-state index contributed by atoms with van der Waals surface area (Å²) in [6.45, 7) is 4.87. The number of nitrogens with zero attached hydrogens (tertiary/aromatic N) is 2. The van der Waals surface area contributed by atoms with Crippen molar-refractivity contribution in [2.24, 2.45) is 11.7 Å². The molecule has 1 heterocycles. The third-order valence-corrected chi connectivity index (χ3v) is 1.77. The van der Waals surface area contributed by atoms with E-state index in [0.717, 1.165) is 6.42 Å². The molecule has 1 unspecified atom stereocenters. The van der Waals surface area contributed by atoms with Crippen molar-refractivity contribution >= 4 is 0 Å². The third kappa shape index (κ3) is 2.30. The Morgan fingerprint density at radius 2 is 2.33 bits per heavy atom. The average molecular weight is 169 g/mol. The fourth-order valence-electron chi connectivity index (χ4n) is 1.23. The minimum atomic E-state index is 0.215. The molecule has 0 bridgehead atoms. The van der Waals surface area contributed by atoms with Crippen LogP contribution >= 0.6 is 0 Å². The van der Waals surface area contributed by atoms with Gasteiger partial charge < -0.3 is 10.3 Å². The van der Waals surface area contributed by atoms with Gasteiger partial charge in [-0.15, -0.1) is 0 Å². The molecule has 4 heteroatoms. The van der Waals surface area contributed by atoms with E-state index in [0.29, 0.717) is 18.4 Å². The molecule has 1 aromatic rings. The molecule has 0 aliphatic carbocycles. The van der Waals surface area contributed by atoms with Crippen molar-refractivity contribution in [1.82, 2.24) is 10.1 Å². The van der Waals surface area contributed by atoms with Gasteiger partial charge in [0.15, 0.2) is 6.33 Å². The molecule has 1 aromatic heterocycles. The molecule has 1 atom stereocenters. The first-order valence-electron chi connectivity index (χ1n) is 4.20. The van der Waals surface area contributed by atoms with E-state index in [1.165, 1.54) is 6.33 Å². The minimum Gasteiger partial charge on any atom is -0.339 e. The van der Waals surface area contributed by atoms with Crippen LogP contribution in [0.2, 0.25) is 0 Å². The molecule has 68 valence electrons. The first-order valence-corrected chi connectivity index (χ1v) is 4.20. The number of rotatable bonds is 4. The van der Waals surface area contributed by atoms with E-state index in [1.807, 2.05) is 0 Å². The van der Waals surface area contributed by atoms with Gasteiger partial charge in [0.2, 0.25) is 5.89 Å². The van der Waals surface area contributed by atoms with Crippen LogP contribution in [0.4, 0.5) is 0 Å². The molecule has 0 saturated heterocycles. The number of aromatic nitrogens is 2. The molecule has 4 nitrogen and oxygen atoms in total. The number of nitrogens with two attached hydrogens (primary N) is 1. The van der Waals surface area contributed by atoms with Gasteiger partial charge in [0.05, 0.1) is 5.92 Å². The van der Waals surface area contributed by atoms with Crippen LogP contribution in [0.5, 0.6) is 0 Å². The molecule has 0 saturated carbocycles. The quantitative estimate of drug-likeness (QED) is 0.734. The molecular weight excluding hydrogens is 154 g/mol. The maximum absolute atomic E-state index is 5.58. The lowest BCUT2D eigenvalue weighted by molar-refractivity contribution is 0.334. The zero-order chi connectivity index (χ0) is 8.97. The van der Waals surface area contributed by atoms with E-state index < -0.39 is 0 Å². The fourth-order valence-corrected chi connectivity index (χ4v) is 1.23. The highest BCUT2D eigenvalue weighted by atomic mass is 16.5. The Morgan fingerprint density at radius 3 is 2.75 bits per heavy atom. The third-order valence-electron chi connectivity index (χ3n) is 1.77. The van der Waals surface area contributed by atoms with Crippen molar-refractivity contribution in [3.05, 3.63) is 12.2 Å². The van der Waals surface area contributed by atoms with Crippen LogP contribution in [0.3, 0.4) is 0 Å². The van der Waals surface area contributed by atoms with Gasteiger partial charge in [-0.05, 0) is 12.3 Å². The zero-order valence-electron chi connectivity index (χ0n) is 7.53. The molecule has 0 fully saturated rings. The van der Waals surface area contributed by atoms with Gasteiger partial charge in [-0.25, -0.2) is 0 Å². The summed E-state index contributed by atoms with van der Waals surface area (Å²) in [6.07, 6.45) is 2.41. The Balaban J connectivity index is 2.57. The van der Waals surface area contributed by atoms with E-state index in [2.05, 4.69) is 24.0 Å². The van der Waals surface area contributed by atoms with Crippen LogP contribution in [0.25, 0.3) is 0 Å². The lowest BCUT2D eigenvalue weighted by atomic mass is 9.97. The SMILES string of the molecule is CC(C)CC(CN)c1ncno1. The number of hydrogen-bond donors (Lipinski definition) is 1. The van der Waals surface area contributed by atoms with Gasteiger partial charge in [0.25, 0.3) is 0 Å². The van der Waals surface area contributed by atoms with Crippen LogP contribution in [0.15, 0.2) is 10.9 Å². The summed E-state index contributed by atoms with van der Waals surface area (Å²) < 4.78 is 4.95. The van der Waals surface area contributed by atoms with Gasteiger partial charge >= 0.3 is 0 Å². The van der Waals surface area contributed by atoms with E-state index in [9.17, 15) is 0 Å². The summed E-state index contributed by atoms with van der Waals surface area (Å²) in [5.74, 6) is 1.48. The first-order chi connectivity index (χ1) is 5.74. The lowest BCUT2D eigenvalue weighted by Crippen LogP contribution is -2.14. The van der Waals surface area contributed by atoms with Crippen LogP contribution in [0.1, 0.15) is 32.1 Å². The number of hydrogen-bond acceptors (Lipinski definition) is 4. The lowest BCUT2D eigenvalue weighted by Gasteiger charge is -2.11. The van der Waals surface area contributed by atoms with Crippen molar-refractivity contribution in [3.63, 3.8) is 0 Å². The van der Waals surface area contributed by atoms with E-state index in [1.54, 1.807) is 0 Å². The summed E-state index contributed by atoms with van der Waals surface area (Å²) in [5.41, 5.74) is 5.58. The fraction of sp³-hybridized carbons (Fsp3) is 0.750. The van der Waals surface area contributed by atoms with Crippen molar-refractivity contribution in [3.8, 4) is 0 Å². The normalized spacial score (nSPS) is 13.7. The van der Waals surface area contributed by atoms with Gasteiger partial charge in [-0.1, -0.05) is 19.0 Å².